The lowest BCUT2D eigenvalue weighted by molar-refractivity contribution is 0.146. The highest BCUT2D eigenvalue weighted by molar-refractivity contribution is 7.16. The van der Waals surface area contributed by atoms with Crippen LogP contribution in [0.2, 0.25) is 4.34 Å². The van der Waals surface area contributed by atoms with Gasteiger partial charge in [-0.1, -0.05) is 11.6 Å². The molecule has 0 aliphatic heterocycles. The summed E-state index contributed by atoms with van der Waals surface area (Å²) >= 11 is 7.54. The molecule has 1 amide bonds. The summed E-state index contributed by atoms with van der Waals surface area (Å²) in [5.74, 6) is 1.30. The number of guanidine groups is 1. The number of carbonyl (C=O) groups is 1. The Morgan fingerprint density at radius 2 is 2.29 bits per heavy atom. The van der Waals surface area contributed by atoms with Gasteiger partial charge in [0.2, 0.25) is 0 Å². The fourth-order valence-corrected chi connectivity index (χ4v) is 3.63. The van der Waals surface area contributed by atoms with E-state index in [1.165, 1.54) is 4.88 Å². The Labute approximate surface area is 152 Å². The van der Waals surface area contributed by atoms with E-state index in [1.54, 1.807) is 25.3 Å². The second-order valence-corrected chi connectivity index (χ2v) is 7.60. The average Bonchev–Trinajstić information content (AvgIpc) is 3.30. The van der Waals surface area contributed by atoms with E-state index in [9.17, 15) is 4.79 Å². The number of carbonyl (C=O) groups excluding carboxylic acids is 1. The quantitative estimate of drug-likeness (QED) is 0.570. The van der Waals surface area contributed by atoms with Gasteiger partial charge in [-0.05, 0) is 37.8 Å². The van der Waals surface area contributed by atoms with Crippen LogP contribution in [0.15, 0.2) is 17.1 Å². The lowest BCUT2D eigenvalue weighted by Crippen LogP contribution is -2.48. The van der Waals surface area contributed by atoms with Gasteiger partial charge in [0.25, 0.3) is 0 Å². The molecule has 134 valence electrons. The fraction of sp³-hybridized carbons (Fsp3) is 0.625. The maximum atomic E-state index is 11.7. The summed E-state index contributed by atoms with van der Waals surface area (Å²) in [6, 6.07) is 3.98. The fourth-order valence-electron chi connectivity index (χ4n) is 2.49. The van der Waals surface area contributed by atoms with Gasteiger partial charge in [0.15, 0.2) is 5.96 Å². The second-order valence-electron chi connectivity index (χ2n) is 5.80. The standard InChI is InChI=1S/C16H25ClN4O2S/c1-4-23-16(22)20-13(11-5-6-11)9-19-15(18-2)21(3)10-12-7-8-14(17)24-12/h7-8,11,13H,4-6,9-10H2,1-3H3,(H,18,19)(H,20,22). The summed E-state index contributed by atoms with van der Waals surface area (Å²) < 4.78 is 5.77. The maximum Gasteiger partial charge on any atom is 0.407 e. The van der Waals surface area contributed by atoms with Gasteiger partial charge >= 0.3 is 6.09 Å². The summed E-state index contributed by atoms with van der Waals surface area (Å²) in [5, 5.41) is 6.28. The zero-order valence-electron chi connectivity index (χ0n) is 14.3. The number of hydrogen-bond acceptors (Lipinski definition) is 4. The van der Waals surface area contributed by atoms with Crippen molar-refractivity contribution in [1.82, 2.24) is 15.5 Å². The molecule has 2 rings (SSSR count). The van der Waals surface area contributed by atoms with Gasteiger partial charge in [-0.3, -0.25) is 4.99 Å². The molecule has 1 unspecified atom stereocenters. The predicted molar refractivity (Wildman–Crippen MR) is 98.8 cm³/mol. The number of rotatable bonds is 7. The molecule has 1 saturated carbocycles. The van der Waals surface area contributed by atoms with Crippen molar-refractivity contribution in [3.8, 4) is 0 Å². The number of halogens is 1. The van der Waals surface area contributed by atoms with Crippen molar-refractivity contribution in [2.75, 3.05) is 27.2 Å². The molecule has 0 bridgehead atoms. The highest BCUT2D eigenvalue weighted by Gasteiger charge is 2.32. The van der Waals surface area contributed by atoms with E-state index in [1.807, 2.05) is 24.1 Å². The number of nitrogens with zero attached hydrogens (tertiary/aromatic N) is 2. The number of alkyl carbamates (subject to hydrolysis) is 1. The van der Waals surface area contributed by atoms with Crippen LogP contribution in [0, 0.1) is 5.92 Å². The van der Waals surface area contributed by atoms with Gasteiger partial charge in [-0.25, -0.2) is 4.79 Å². The minimum absolute atomic E-state index is 0.0605. The molecule has 1 fully saturated rings. The van der Waals surface area contributed by atoms with Crippen LogP contribution in [0.4, 0.5) is 4.79 Å². The summed E-state index contributed by atoms with van der Waals surface area (Å²) in [7, 11) is 3.74. The van der Waals surface area contributed by atoms with Crippen LogP contribution < -0.4 is 10.6 Å². The van der Waals surface area contributed by atoms with Crippen molar-refractivity contribution in [3.05, 3.63) is 21.3 Å². The molecule has 8 heteroatoms. The molecule has 1 aliphatic rings. The van der Waals surface area contributed by atoms with Gasteiger partial charge in [0, 0.05) is 25.5 Å². The van der Waals surface area contributed by atoms with Crippen LogP contribution in [0.3, 0.4) is 0 Å². The van der Waals surface area contributed by atoms with Gasteiger partial charge in [-0.2, -0.15) is 0 Å². The van der Waals surface area contributed by atoms with Crippen LogP contribution in [-0.2, 0) is 11.3 Å². The maximum absolute atomic E-state index is 11.7. The topological polar surface area (TPSA) is 66.0 Å². The molecule has 0 aromatic carbocycles. The van der Waals surface area contributed by atoms with E-state index in [0.29, 0.717) is 19.1 Å². The molecule has 0 spiro atoms. The Hall–Kier alpha value is -1.47. The van der Waals surface area contributed by atoms with Gasteiger partial charge < -0.3 is 20.3 Å². The van der Waals surface area contributed by atoms with E-state index in [-0.39, 0.29) is 12.1 Å². The van der Waals surface area contributed by atoms with Crippen molar-refractivity contribution in [1.29, 1.82) is 0 Å². The first-order chi connectivity index (χ1) is 11.5. The highest BCUT2D eigenvalue weighted by Crippen LogP contribution is 2.32. The third-order valence-corrected chi connectivity index (χ3v) is 5.06. The third kappa shape index (κ3) is 5.87. The molecular formula is C16H25ClN4O2S. The van der Waals surface area contributed by atoms with Crippen LogP contribution in [0.1, 0.15) is 24.6 Å². The number of amides is 1. The molecule has 1 aliphatic carbocycles. The van der Waals surface area contributed by atoms with E-state index in [4.69, 9.17) is 16.3 Å². The SMILES string of the molecule is CCOC(=O)NC(CNC(=NC)N(C)Cc1ccc(Cl)s1)C1CC1. The van der Waals surface area contributed by atoms with Crippen molar-refractivity contribution >= 4 is 35.0 Å². The molecule has 1 atom stereocenters. The second kappa shape index (κ2) is 9.13. The van der Waals surface area contributed by atoms with E-state index >= 15 is 0 Å². The third-order valence-electron chi connectivity index (χ3n) is 3.85. The molecule has 1 aromatic heterocycles. The summed E-state index contributed by atoms with van der Waals surface area (Å²) in [4.78, 5) is 19.2. The molecule has 24 heavy (non-hydrogen) atoms. The van der Waals surface area contributed by atoms with Crippen LogP contribution in [-0.4, -0.2) is 50.2 Å². The van der Waals surface area contributed by atoms with Crippen molar-refractivity contribution in [2.24, 2.45) is 10.9 Å². The number of hydrogen-bond donors (Lipinski definition) is 2. The summed E-state index contributed by atoms with van der Waals surface area (Å²) in [6.07, 6.45) is 1.93. The van der Waals surface area contributed by atoms with E-state index in [2.05, 4.69) is 15.6 Å². The number of ether oxygens (including phenoxy) is 1. The first-order valence-corrected chi connectivity index (χ1v) is 9.32. The minimum Gasteiger partial charge on any atom is -0.450 e. The Balaban J connectivity index is 1.85. The normalized spacial score (nSPS) is 15.8. The average molecular weight is 373 g/mol. The number of thiophene rings is 1. The summed E-state index contributed by atoms with van der Waals surface area (Å²) in [6.45, 7) is 3.55. The number of aliphatic imine (C=N–C) groups is 1. The van der Waals surface area contributed by atoms with Crippen LogP contribution >= 0.6 is 22.9 Å². The Morgan fingerprint density at radius 1 is 1.54 bits per heavy atom. The van der Waals surface area contributed by atoms with Crippen LogP contribution in [0.5, 0.6) is 0 Å². The van der Waals surface area contributed by atoms with Crippen molar-refractivity contribution in [2.45, 2.75) is 32.4 Å². The van der Waals surface area contributed by atoms with Crippen molar-refractivity contribution < 1.29 is 9.53 Å². The van der Waals surface area contributed by atoms with Gasteiger partial charge in [-0.15, -0.1) is 11.3 Å². The largest absolute Gasteiger partial charge is 0.450 e. The van der Waals surface area contributed by atoms with Crippen molar-refractivity contribution in [3.63, 3.8) is 0 Å². The monoisotopic (exact) mass is 372 g/mol. The number of nitrogens with one attached hydrogen (secondary N) is 2. The lowest BCUT2D eigenvalue weighted by atomic mass is 10.2. The zero-order valence-corrected chi connectivity index (χ0v) is 15.9. The Morgan fingerprint density at radius 3 is 2.83 bits per heavy atom. The smallest absolute Gasteiger partial charge is 0.407 e. The molecule has 0 radical (unpaired) electrons. The van der Waals surface area contributed by atoms with E-state index in [0.717, 1.165) is 29.7 Å². The van der Waals surface area contributed by atoms with E-state index < -0.39 is 0 Å². The van der Waals surface area contributed by atoms with Crippen LogP contribution in [0.25, 0.3) is 0 Å². The first-order valence-electron chi connectivity index (χ1n) is 8.12. The first kappa shape index (κ1) is 18.9. The van der Waals surface area contributed by atoms with Gasteiger partial charge in [0.1, 0.15) is 0 Å². The molecule has 0 saturated heterocycles. The lowest BCUT2D eigenvalue weighted by Gasteiger charge is -2.24. The molecule has 6 nitrogen and oxygen atoms in total. The Bertz CT molecular complexity index is 574. The Kier molecular flexibility index (Phi) is 7.17. The molecule has 2 N–H and O–H groups in total. The molecule has 1 aromatic rings. The summed E-state index contributed by atoms with van der Waals surface area (Å²) in [5.41, 5.74) is 0. The molecule has 1 heterocycles. The molecular weight excluding hydrogens is 348 g/mol. The predicted octanol–water partition coefficient (Wildman–Crippen LogP) is 2.93. The van der Waals surface area contributed by atoms with Gasteiger partial charge in [0.05, 0.1) is 23.5 Å². The minimum atomic E-state index is -0.354. The highest BCUT2D eigenvalue weighted by atomic mass is 35.5. The zero-order chi connectivity index (χ0) is 17.5.